The van der Waals surface area contributed by atoms with E-state index in [1.807, 2.05) is 12.1 Å². The van der Waals surface area contributed by atoms with E-state index >= 15 is 0 Å². The first-order valence-electron chi connectivity index (χ1n) is 10.1. The Balaban J connectivity index is 1.75. The van der Waals surface area contributed by atoms with E-state index < -0.39 is 0 Å². The molecule has 0 aromatic heterocycles. The summed E-state index contributed by atoms with van der Waals surface area (Å²) in [5, 5.41) is 3.56. The lowest BCUT2D eigenvalue weighted by molar-refractivity contribution is 0.263. The van der Waals surface area contributed by atoms with Crippen molar-refractivity contribution in [3.05, 3.63) is 53.6 Å². The van der Waals surface area contributed by atoms with Gasteiger partial charge in [0.2, 0.25) is 0 Å². The smallest absolute Gasteiger partial charge is 0.122 e. The van der Waals surface area contributed by atoms with Gasteiger partial charge in [-0.1, -0.05) is 39.0 Å². The van der Waals surface area contributed by atoms with E-state index in [4.69, 9.17) is 9.47 Å². The third-order valence-corrected chi connectivity index (χ3v) is 4.68. The molecule has 0 saturated heterocycles. The first-order valence-corrected chi connectivity index (χ1v) is 10.1. The normalized spacial score (nSPS) is 11.3. The highest BCUT2D eigenvalue weighted by Crippen LogP contribution is 2.25. The molecule has 27 heavy (non-hydrogen) atoms. The molecule has 0 amide bonds. The highest BCUT2D eigenvalue weighted by molar-refractivity contribution is 5.48. The molecule has 3 heteroatoms. The van der Waals surface area contributed by atoms with Crippen molar-refractivity contribution in [2.24, 2.45) is 5.41 Å². The lowest BCUT2D eigenvalue weighted by atomic mass is 9.88. The zero-order valence-electron chi connectivity index (χ0n) is 17.6. The van der Waals surface area contributed by atoms with Crippen molar-refractivity contribution >= 4 is 5.69 Å². The highest BCUT2D eigenvalue weighted by Gasteiger charge is 2.17. The molecule has 0 unspecified atom stereocenters. The lowest BCUT2D eigenvalue weighted by Gasteiger charge is -2.26. The molecule has 0 saturated carbocycles. The molecule has 1 N–H and O–H groups in total. The average molecular weight is 370 g/mol. The molecule has 3 nitrogen and oxygen atoms in total. The first-order chi connectivity index (χ1) is 12.9. The Labute approximate surface area is 165 Å². The van der Waals surface area contributed by atoms with E-state index in [9.17, 15) is 0 Å². The van der Waals surface area contributed by atoms with Gasteiger partial charge >= 0.3 is 0 Å². The molecule has 0 radical (unpaired) electrons. The Bertz CT molecular complexity index is 709. The van der Waals surface area contributed by atoms with Crippen molar-refractivity contribution in [1.29, 1.82) is 0 Å². The van der Waals surface area contributed by atoms with Gasteiger partial charge in [0.25, 0.3) is 0 Å². The predicted molar refractivity (Wildman–Crippen MR) is 115 cm³/mol. The van der Waals surface area contributed by atoms with Crippen LogP contribution in [0.4, 0.5) is 5.69 Å². The zero-order valence-corrected chi connectivity index (χ0v) is 17.6. The Morgan fingerprint density at radius 3 is 2.56 bits per heavy atom. The lowest BCUT2D eigenvalue weighted by Crippen LogP contribution is -2.23. The number of benzene rings is 2. The molecule has 0 spiro atoms. The summed E-state index contributed by atoms with van der Waals surface area (Å²) in [4.78, 5) is 0. The summed E-state index contributed by atoms with van der Waals surface area (Å²) in [6.45, 7) is 13.4. The van der Waals surface area contributed by atoms with Crippen LogP contribution in [0, 0.1) is 19.3 Å². The van der Waals surface area contributed by atoms with Gasteiger partial charge in [0.05, 0.1) is 13.2 Å². The van der Waals surface area contributed by atoms with E-state index in [1.165, 1.54) is 11.1 Å². The summed E-state index contributed by atoms with van der Waals surface area (Å²) < 4.78 is 11.7. The maximum absolute atomic E-state index is 5.99. The fourth-order valence-corrected chi connectivity index (χ4v) is 2.94. The van der Waals surface area contributed by atoms with Gasteiger partial charge in [-0.3, -0.25) is 0 Å². The van der Waals surface area contributed by atoms with Crippen molar-refractivity contribution in [3.63, 3.8) is 0 Å². The molecule has 2 aromatic carbocycles. The standard InChI is InChI=1S/C24H35NO2/c1-6-14-26-22-10-7-9-21(17-22)25-18-24(4,5)13-8-15-27-23-16-19(2)11-12-20(23)3/h7,9-12,16-17,25H,6,8,13-15,18H2,1-5H3. The van der Waals surface area contributed by atoms with Crippen LogP contribution in [0.25, 0.3) is 0 Å². The molecule has 0 atom stereocenters. The number of rotatable bonds is 11. The fraction of sp³-hybridized carbons (Fsp3) is 0.500. The van der Waals surface area contributed by atoms with Gasteiger partial charge in [-0.15, -0.1) is 0 Å². The molecule has 148 valence electrons. The summed E-state index contributed by atoms with van der Waals surface area (Å²) in [6.07, 6.45) is 3.17. The van der Waals surface area contributed by atoms with Gasteiger partial charge in [0.1, 0.15) is 11.5 Å². The van der Waals surface area contributed by atoms with Crippen molar-refractivity contribution in [2.75, 3.05) is 25.1 Å². The fourth-order valence-electron chi connectivity index (χ4n) is 2.94. The summed E-state index contributed by atoms with van der Waals surface area (Å²) in [5.41, 5.74) is 3.76. The Morgan fingerprint density at radius 1 is 0.963 bits per heavy atom. The molecule has 0 fully saturated rings. The Hall–Kier alpha value is -2.16. The van der Waals surface area contributed by atoms with Gasteiger partial charge in [0.15, 0.2) is 0 Å². The third-order valence-electron chi connectivity index (χ3n) is 4.68. The van der Waals surface area contributed by atoms with Crippen LogP contribution in [0.2, 0.25) is 0 Å². The molecule has 2 aromatic rings. The maximum atomic E-state index is 5.99. The molecular weight excluding hydrogens is 334 g/mol. The second kappa shape index (κ2) is 10.2. The minimum absolute atomic E-state index is 0.200. The predicted octanol–water partition coefficient (Wildman–Crippen LogP) is 6.39. The Kier molecular flexibility index (Phi) is 8.02. The minimum atomic E-state index is 0.200. The zero-order chi connectivity index (χ0) is 19.7. The second-order valence-corrected chi connectivity index (χ2v) is 8.12. The third kappa shape index (κ3) is 7.54. The van der Waals surface area contributed by atoms with E-state index in [2.05, 4.69) is 70.3 Å². The minimum Gasteiger partial charge on any atom is -0.494 e. The molecule has 0 aliphatic heterocycles. The van der Waals surface area contributed by atoms with E-state index in [0.29, 0.717) is 0 Å². The van der Waals surface area contributed by atoms with Crippen molar-refractivity contribution in [1.82, 2.24) is 0 Å². The van der Waals surface area contributed by atoms with Crippen LogP contribution in [-0.2, 0) is 0 Å². The van der Waals surface area contributed by atoms with Crippen LogP contribution in [0.5, 0.6) is 11.5 Å². The molecule has 0 bridgehead atoms. The quantitative estimate of drug-likeness (QED) is 0.466. The second-order valence-electron chi connectivity index (χ2n) is 8.12. The maximum Gasteiger partial charge on any atom is 0.122 e. The topological polar surface area (TPSA) is 30.5 Å². The van der Waals surface area contributed by atoms with Crippen LogP contribution in [-0.4, -0.2) is 19.8 Å². The summed E-state index contributed by atoms with van der Waals surface area (Å²) in [7, 11) is 0. The van der Waals surface area contributed by atoms with E-state index in [1.54, 1.807) is 0 Å². The average Bonchev–Trinajstić information content (AvgIpc) is 2.65. The van der Waals surface area contributed by atoms with Crippen molar-refractivity contribution in [2.45, 2.75) is 53.9 Å². The van der Waals surface area contributed by atoms with E-state index in [-0.39, 0.29) is 5.41 Å². The van der Waals surface area contributed by atoms with Crippen LogP contribution in [0.15, 0.2) is 42.5 Å². The molecule has 0 aliphatic rings. The summed E-state index contributed by atoms with van der Waals surface area (Å²) in [6, 6.07) is 14.6. The number of ether oxygens (including phenoxy) is 2. The van der Waals surface area contributed by atoms with Gasteiger partial charge in [-0.25, -0.2) is 0 Å². The number of hydrogen-bond donors (Lipinski definition) is 1. The van der Waals surface area contributed by atoms with Crippen LogP contribution in [0.3, 0.4) is 0 Å². The van der Waals surface area contributed by atoms with Crippen LogP contribution in [0.1, 0.15) is 51.2 Å². The monoisotopic (exact) mass is 369 g/mol. The van der Waals surface area contributed by atoms with Crippen LogP contribution < -0.4 is 14.8 Å². The van der Waals surface area contributed by atoms with Gasteiger partial charge < -0.3 is 14.8 Å². The van der Waals surface area contributed by atoms with E-state index in [0.717, 1.165) is 56.2 Å². The number of anilines is 1. The van der Waals surface area contributed by atoms with Crippen molar-refractivity contribution < 1.29 is 9.47 Å². The molecule has 0 heterocycles. The molecule has 2 rings (SSSR count). The number of hydrogen-bond acceptors (Lipinski definition) is 3. The van der Waals surface area contributed by atoms with Gasteiger partial charge in [-0.2, -0.15) is 0 Å². The van der Waals surface area contributed by atoms with Gasteiger partial charge in [-0.05, 0) is 67.9 Å². The summed E-state index contributed by atoms with van der Waals surface area (Å²) >= 11 is 0. The SMILES string of the molecule is CCCOc1cccc(NCC(C)(C)CCCOc2cc(C)ccc2C)c1. The summed E-state index contributed by atoms with van der Waals surface area (Å²) in [5.74, 6) is 1.94. The van der Waals surface area contributed by atoms with Crippen molar-refractivity contribution in [3.8, 4) is 11.5 Å². The van der Waals surface area contributed by atoms with Gasteiger partial charge in [0, 0.05) is 18.3 Å². The highest BCUT2D eigenvalue weighted by atomic mass is 16.5. The molecular formula is C24H35NO2. The van der Waals surface area contributed by atoms with Crippen LogP contribution >= 0.6 is 0 Å². The number of aryl methyl sites for hydroxylation is 2. The Morgan fingerprint density at radius 2 is 1.78 bits per heavy atom. The first kappa shape index (κ1) is 21.1. The largest absolute Gasteiger partial charge is 0.494 e. The molecule has 0 aliphatic carbocycles. The number of nitrogens with one attached hydrogen (secondary N) is 1.